The second kappa shape index (κ2) is 9.55. The van der Waals surface area contributed by atoms with Crippen molar-refractivity contribution in [1.82, 2.24) is 29.0 Å². The Bertz CT molecular complexity index is 1820. The van der Waals surface area contributed by atoms with E-state index in [2.05, 4.69) is 10.1 Å². The van der Waals surface area contributed by atoms with Crippen LogP contribution in [0.3, 0.4) is 0 Å². The van der Waals surface area contributed by atoms with Crippen LogP contribution in [0.2, 0.25) is 0 Å². The van der Waals surface area contributed by atoms with Gasteiger partial charge in [-0.15, -0.1) is 0 Å². The number of aromatic nitrogens is 5. The van der Waals surface area contributed by atoms with Gasteiger partial charge in [0.2, 0.25) is 5.91 Å². The highest BCUT2D eigenvalue weighted by Gasteiger charge is 2.28. The van der Waals surface area contributed by atoms with Gasteiger partial charge in [0, 0.05) is 54.3 Å². The van der Waals surface area contributed by atoms with Gasteiger partial charge in [-0.05, 0) is 49.4 Å². The number of carbonyl (C=O) groups excluding carboxylic acids is 1. The van der Waals surface area contributed by atoms with Gasteiger partial charge in [0.15, 0.2) is 5.65 Å². The number of nitrogens with two attached hydrogens (primary N) is 2. The molecule has 198 valence electrons. The van der Waals surface area contributed by atoms with Crippen LogP contribution in [-0.4, -0.2) is 60.3 Å². The molecule has 5 aromatic rings. The van der Waals surface area contributed by atoms with Crippen LogP contribution in [0, 0.1) is 11.2 Å². The van der Waals surface area contributed by atoms with Crippen molar-refractivity contribution in [3.05, 3.63) is 65.0 Å². The normalized spacial score (nSPS) is 15.3. The van der Waals surface area contributed by atoms with Gasteiger partial charge in [-0.3, -0.25) is 19.1 Å². The average Bonchev–Trinajstić information content (AvgIpc) is 3.37. The molecule has 0 spiro atoms. The Morgan fingerprint density at radius 1 is 1.15 bits per heavy atom. The first kappa shape index (κ1) is 24.6. The van der Waals surface area contributed by atoms with Gasteiger partial charge < -0.3 is 21.8 Å². The van der Waals surface area contributed by atoms with Crippen molar-refractivity contribution in [2.24, 2.45) is 5.73 Å². The summed E-state index contributed by atoms with van der Waals surface area (Å²) >= 11 is 0. The Labute approximate surface area is 221 Å². The van der Waals surface area contributed by atoms with E-state index < -0.39 is 6.04 Å². The van der Waals surface area contributed by atoms with Crippen molar-refractivity contribution in [1.29, 1.82) is 5.41 Å². The number of hydrogen-bond acceptors (Lipinski definition) is 8. The van der Waals surface area contributed by atoms with E-state index in [1.54, 1.807) is 34.0 Å². The standard InChI is InChI=1S/C27H26FN9O2/c28-17-1-3-22-15(12-17)11-16(13-32-22)20-14-33-37-24(31)19-2-4-23(38)36(25(19)34-26(20)37)18-6-9-35(10-7-18)27(39)21(30)5-8-29/h1-4,8,11-14,18,21,29H,5-7,9-10,30-31H2. The minimum Gasteiger partial charge on any atom is -0.383 e. The lowest BCUT2D eigenvalue weighted by Crippen LogP contribution is -2.48. The van der Waals surface area contributed by atoms with Crippen LogP contribution in [0.25, 0.3) is 38.7 Å². The molecule has 1 aliphatic heterocycles. The fourth-order valence-corrected chi connectivity index (χ4v) is 5.31. The van der Waals surface area contributed by atoms with Crippen LogP contribution >= 0.6 is 0 Å². The lowest BCUT2D eigenvalue weighted by molar-refractivity contribution is -0.133. The Hall–Kier alpha value is -4.71. The van der Waals surface area contributed by atoms with Gasteiger partial charge in [-0.25, -0.2) is 9.37 Å². The lowest BCUT2D eigenvalue weighted by atomic mass is 10.0. The number of nitrogen functional groups attached to an aromatic ring is 1. The molecular formula is C27H26FN9O2. The van der Waals surface area contributed by atoms with E-state index in [9.17, 15) is 14.0 Å². The molecule has 1 atom stereocenters. The number of piperidine rings is 1. The third-order valence-corrected chi connectivity index (χ3v) is 7.34. The number of fused-ring (bicyclic) bond motifs is 3. The molecule has 4 aromatic heterocycles. The second-order valence-corrected chi connectivity index (χ2v) is 9.73. The first-order valence-corrected chi connectivity index (χ1v) is 12.6. The monoisotopic (exact) mass is 527 g/mol. The summed E-state index contributed by atoms with van der Waals surface area (Å²) in [5, 5.41) is 12.9. The number of anilines is 1. The SMILES string of the molecule is N=CCC(N)C(=O)N1CCC(n2c(=O)ccc3c(N)n4ncc(-c5cnc6ccc(F)cc6c5)c4nc32)CC1. The summed E-state index contributed by atoms with van der Waals surface area (Å²) in [6, 6.07) is 8.39. The fraction of sp³-hybridized carbons (Fsp3) is 0.259. The van der Waals surface area contributed by atoms with E-state index in [-0.39, 0.29) is 29.7 Å². The summed E-state index contributed by atoms with van der Waals surface area (Å²) in [6.07, 6.45) is 5.72. The van der Waals surface area contributed by atoms with Crippen LogP contribution in [0.1, 0.15) is 25.3 Å². The Kier molecular flexibility index (Phi) is 6.03. The molecule has 39 heavy (non-hydrogen) atoms. The first-order chi connectivity index (χ1) is 18.9. The molecule has 5 heterocycles. The van der Waals surface area contributed by atoms with Crippen molar-refractivity contribution in [3.8, 4) is 11.1 Å². The predicted octanol–water partition coefficient (Wildman–Crippen LogP) is 2.51. The molecule has 11 nitrogen and oxygen atoms in total. The molecule has 1 saturated heterocycles. The van der Waals surface area contributed by atoms with E-state index in [0.29, 0.717) is 70.5 Å². The smallest absolute Gasteiger partial charge is 0.252 e. The summed E-state index contributed by atoms with van der Waals surface area (Å²) in [7, 11) is 0. The number of hydrogen-bond donors (Lipinski definition) is 3. The quantitative estimate of drug-likeness (QED) is 0.296. The largest absolute Gasteiger partial charge is 0.383 e. The topological polar surface area (TPSA) is 161 Å². The maximum Gasteiger partial charge on any atom is 0.252 e. The van der Waals surface area contributed by atoms with Crippen LogP contribution in [0.5, 0.6) is 0 Å². The van der Waals surface area contributed by atoms with Crippen molar-refractivity contribution < 1.29 is 9.18 Å². The van der Waals surface area contributed by atoms with Crippen LogP contribution in [0.15, 0.2) is 53.6 Å². The molecule has 5 N–H and O–H groups in total. The van der Waals surface area contributed by atoms with Crippen molar-refractivity contribution >= 4 is 45.5 Å². The molecule has 1 aromatic carbocycles. The zero-order valence-corrected chi connectivity index (χ0v) is 20.9. The second-order valence-electron chi connectivity index (χ2n) is 9.73. The summed E-state index contributed by atoms with van der Waals surface area (Å²) < 4.78 is 17.0. The van der Waals surface area contributed by atoms with Crippen LogP contribution < -0.4 is 17.0 Å². The Morgan fingerprint density at radius 3 is 2.72 bits per heavy atom. The highest BCUT2D eigenvalue weighted by molar-refractivity contribution is 5.92. The molecule has 6 rings (SSSR count). The van der Waals surface area contributed by atoms with E-state index in [0.717, 1.165) is 6.21 Å². The summed E-state index contributed by atoms with van der Waals surface area (Å²) in [4.78, 5) is 36.8. The minimum absolute atomic E-state index is 0.191. The minimum atomic E-state index is -0.740. The molecule has 12 heteroatoms. The highest BCUT2D eigenvalue weighted by atomic mass is 19.1. The van der Waals surface area contributed by atoms with Crippen molar-refractivity contribution in [3.63, 3.8) is 0 Å². The summed E-state index contributed by atoms with van der Waals surface area (Å²) in [5.41, 5.74) is 15.1. The molecule has 0 saturated carbocycles. The number of halogens is 1. The van der Waals surface area contributed by atoms with Gasteiger partial charge in [-0.2, -0.15) is 9.61 Å². The highest BCUT2D eigenvalue weighted by Crippen LogP contribution is 2.31. The summed E-state index contributed by atoms with van der Waals surface area (Å²) in [5.74, 6) is -0.220. The molecule has 1 aliphatic rings. The van der Waals surface area contributed by atoms with E-state index in [4.69, 9.17) is 21.9 Å². The number of carbonyl (C=O) groups is 1. The average molecular weight is 528 g/mol. The number of amides is 1. The Morgan fingerprint density at radius 2 is 1.95 bits per heavy atom. The number of nitrogens with one attached hydrogen (secondary N) is 1. The zero-order chi connectivity index (χ0) is 27.3. The third kappa shape index (κ3) is 4.18. The molecular weight excluding hydrogens is 501 g/mol. The molecule has 1 unspecified atom stereocenters. The molecule has 0 radical (unpaired) electrons. The number of pyridine rings is 2. The molecule has 0 bridgehead atoms. The van der Waals surface area contributed by atoms with Gasteiger partial charge in [-0.1, -0.05) is 0 Å². The number of likely N-dealkylation sites (tertiary alicyclic amines) is 1. The maximum absolute atomic E-state index is 13.9. The van der Waals surface area contributed by atoms with Gasteiger partial charge in [0.05, 0.1) is 23.1 Å². The third-order valence-electron chi connectivity index (χ3n) is 7.34. The molecule has 1 fully saturated rings. The zero-order valence-electron chi connectivity index (χ0n) is 20.9. The number of nitrogens with zero attached hydrogens (tertiary/aromatic N) is 6. The van der Waals surface area contributed by atoms with E-state index >= 15 is 0 Å². The summed E-state index contributed by atoms with van der Waals surface area (Å²) in [6.45, 7) is 0.875. The number of rotatable bonds is 5. The lowest BCUT2D eigenvalue weighted by Gasteiger charge is -2.34. The van der Waals surface area contributed by atoms with Crippen molar-refractivity contribution in [2.75, 3.05) is 18.8 Å². The van der Waals surface area contributed by atoms with Crippen LogP contribution in [-0.2, 0) is 4.79 Å². The van der Waals surface area contributed by atoms with Gasteiger partial charge in [0.25, 0.3) is 5.56 Å². The maximum atomic E-state index is 13.9. The number of benzene rings is 1. The van der Waals surface area contributed by atoms with E-state index in [1.165, 1.54) is 22.7 Å². The van der Waals surface area contributed by atoms with Crippen molar-refractivity contribution in [2.45, 2.75) is 31.3 Å². The fourth-order valence-electron chi connectivity index (χ4n) is 5.31. The van der Waals surface area contributed by atoms with Gasteiger partial charge >= 0.3 is 0 Å². The van der Waals surface area contributed by atoms with Gasteiger partial charge in [0.1, 0.15) is 17.3 Å². The van der Waals surface area contributed by atoms with E-state index in [1.807, 2.05) is 6.07 Å². The Balaban J connectivity index is 1.42. The molecule has 1 amide bonds. The predicted molar refractivity (Wildman–Crippen MR) is 146 cm³/mol. The molecule has 0 aliphatic carbocycles. The van der Waals surface area contributed by atoms with Crippen LogP contribution in [0.4, 0.5) is 10.2 Å². The first-order valence-electron chi connectivity index (χ1n) is 12.6.